The standard InChI is InChI=1S/C20H38N2O5/c1-13(2)15(10-12-18(24)26-8)21-17(23)11-9-16(14(3)4)22-19(25)27-20(5,6)7/h13-16H,9-12H2,1-8H3,(H,21,23)(H,22,25)/t15-,16+/m1/s1. The number of ether oxygens (including phenoxy) is 2. The highest BCUT2D eigenvalue weighted by atomic mass is 16.6. The van der Waals surface area contributed by atoms with Gasteiger partial charge in [-0.05, 0) is 45.4 Å². The number of carbonyl (C=O) groups excluding carboxylic acids is 3. The highest BCUT2D eigenvalue weighted by Crippen LogP contribution is 2.13. The van der Waals surface area contributed by atoms with Crippen LogP contribution in [0.4, 0.5) is 4.79 Å². The minimum Gasteiger partial charge on any atom is -0.469 e. The molecule has 0 unspecified atom stereocenters. The van der Waals surface area contributed by atoms with Gasteiger partial charge < -0.3 is 20.1 Å². The summed E-state index contributed by atoms with van der Waals surface area (Å²) in [5.41, 5.74) is -0.562. The second-order valence-electron chi connectivity index (χ2n) is 8.57. The summed E-state index contributed by atoms with van der Waals surface area (Å²) >= 11 is 0. The van der Waals surface area contributed by atoms with Gasteiger partial charge in [0.1, 0.15) is 5.60 Å². The van der Waals surface area contributed by atoms with Crippen molar-refractivity contribution in [3.8, 4) is 0 Å². The molecule has 0 saturated carbocycles. The van der Waals surface area contributed by atoms with Crippen molar-refractivity contribution in [3.05, 3.63) is 0 Å². The van der Waals surface area contributed by atoms with Crippen LogP contribution >= 0.6 is 0 Å². The Balaban J connectivity index is 4.58. The molecule has 2 amide bonds. The van der Waals surface area contributed by atoms with E-state index in [2.05, 4.69) is 15.4 Å². The van der Waals surface area contributed by atoms with Crippen LogP contribution in [0.2, 0.25) is 0 Å². The van der Waals surface area contributed by atoms with Gasteiger partial charge in [-0.25, -0.2) is 4.79 Å². The summed E-state index contributed by atoms with van der Waals surface area (Å²) < 4.78 is 9.95. The van der Waals surface area contributed by atoms with Gasteiger partial charge in [-0.15, -0.1) is 0 Å². The molecule has 158 valence electrons. The number of hydrogen-bond donors (Lipinski definition) is 2. The largest absolute Gasteiger partial charge is 0.469 e. The molecule has 7 heteroatoms. The van der Waals surface area contributed by atoms with Gasteiger partial charge in [0.25, 0.3) is 0 Å². The highest BCUT2D eigenvalue weighted by Gasteiger charge is 2.23. The molecule has 0 aromatic carbocycles. The minimum atomic E-state index is -0.562. The monoisotopic (exact) mass is 386 g/mol. The predicted molar refractivity (Wildman–Crippen MR) is 105 cm³/mol. The van der Waals surface area contributed by atoms with Crippen LogP contribution in [0.1, 0.15) is 74.1 Å². The summed E-state index contributed by atoms with van der Waals surface area (Å²) in [6, 6.07) is -0.244. The fraction of sp³-hybridized carbons (Fsp3) is 0.850. The smallest absolute Gasteiger partial charge is 0.407 e. The number of carbonyl (C=O) groups is 3. The van der Waals surface area contributed by atoms with Crippen LogP contribution in [0, 0.1) is 11.8 Å². The average Bonchev–Trinajstić information content (AvgIpc) is 2.52. The molecule has 7 nitrogen and oxygen atoms in total. The van der Waals surface area contributed by atoms with Crippen molar-refractivity contribution in [2.24, 2.45) is 11.8 Å². The molecule has 0 fully saturated rings. The summed E-state index contributed by atoms with van der Waals surface area (Å²) in [4.78, 5) is 35.7. The molecule has 0 aromatic rings. The first-order chi connectivity index (χ1) is 12.4. The van der Waals surface area contributed by atoms with Crippen LogP contribution in [0.5, 0.6) is 0 Å². The van der Waals surface area contributed by atoms with Crippen LogP contribution in [0.15, 0.2) is 0 Å². The zero-order valence-corrected chi connectivity index (χ0v) is 18.2. The van der Waals surface area contributed by atoms with Gasteiger partial charge in [-0.2, -0.15) is 0 Å². The van der Waals surface area contributed by atoms with E-state index in [9.17, 15) is 14.4 Å². The predicted octanol–water partition coefficient (Wildman–Crippen LogP) is 3.41. The summed E-state index contributed by atoms with van der Waals surface area (Å²) in [5.74, 6) is 0.0106. The van der Waals surface area contributed by atoms with Crippen LogP contribution < -0.4 is 10.6 Å². The molecule has 0 aliphatic heterocycles. The zero-order valence-electron chi connectivity index (χ0n) is 18.2. The molecule has 0 rings (SSSR count). The molecule has 0 saturated heterocycles. The molecule has 0 aliphatic carbocycles. The molecule has 0 aliphatic rings. The van der Waals surface area contributed by atoms with Crippen molar-refractivity contribution in [3.63, 3.8) is 0 Å². The molecule has 0 aromatic heterocycles. The second-order valence-corrected chi connectivity index (χ2v) is 8.57. The third kappa shape index (κ3) is 12.3. The molecular weight excluding hydrogens is 348 g/mol. The minimum absolute atomic E-state index is 0.0878. The number of hydrogen-bond acceptors (Lipinski definition) is 5. The quantitative estimate of drug-likeness (QED) is 0.561. The van der Waals surface area contributed by atoms with Gasteiger partial charge in [0.05, 0.1) is 7.11 Å². The lowest BCUT2D eigenvalue weighted by molar-refractivity contribution is -0.141. The average molecular weight is 387 g/mol. The van der Waals surface area contributed by atoms with Crippen LogP contribution in [0.25, 0.3) is 0 Å². The lowest BCUT2D eigenvalue weighted by Gasteiger charge is -2.26. The number of methoxy groups -OCH3 is 1. The van der Waals surface area contributed by atoms with Gasteiger partial charge in [0, 0.05) is 24.9 Å². The number of alkyl carbamates (subject to hydrolysis) is 1. The normalized spacial score (nSPS) is 13.9. The van der Waals surface area contributed by atoms with Crippen molar-refractivity contribution >= 4 is 18.0 Å². The van der Waals surface area contributed by atoms with Crippen molar-refractivity contribution in [1.82, 2.24) is 10.6 Å². The van der Waals surface area contributed by atoms with E-state index in [0.29, 0.717) is 19.3 Å². The molecule has 2 atom stereocenters. The maximum Gasteiger partial charge on any atom is 0.407 e. The van der Waals surface area contributed by atoms with Crippen molar-refractivity contribution in [1.29, 1.82) is 0 Å². The number of rotatable bonds is 10. The Hall–Kier alpha value is -1.79. The van der Waals surface area contributed by atoms with Gasteiger partial charge >= 0.3 is 12.1 Å². The molecule has 0 bridgehead atoms. The zero-order chi connectivity index (χ0) is 21.2. The summed E-state index contributed by atoms with van der Waals surface area (Å²) in [5, 5.41) is 5.84. The first-order valence-electron chi connectivity index (χ1n) is 9.71. The van der Waals surface area contributed by atoms with E-state index in [4.69, 9.17) is 4.74 Å². The SMILES string of the molecule is COC(=O)CC[C@@H](NC(=O)CC[C@H](NC(=O)OC(C)(C)C)C(C)C)C(C)C. The Morgan fingerprint density at radius 3 is 1.78 bits per heavy atom. The molecule has 0 radical (unpaired) electrons. The van der Waals surface area contributed by atoms with Crippen LogP contribution in [0.3, 0.4) is 0 Å². The molecule has 27 heavy (non-hydrogen) atoms. The van der Waals surface area contributed by atoms with E-state index in [1.807, 2.05) is 48.5 Å². The van der Waals surface area contributed by atoms with Gasteiger partial charge in [-0.3, -0.25) is 9.59 Å². The van der Waals surface area contributed by atoms with E-state index < -0.39 is 11.7 Å². The van der Waals surface area contributed by atoms with Crippen molar-refractivity contribution < 1.29 is 23.9 Å². The van der Waals surface area contributed by atoms with E-state index in [1.165, 1.54) is 7.11 Å². The maximum absolute atomic E-state index is 12.3. The Labute approximate surface area is 163 Å². The molecule has 0 spiro atoms. The van der Waals surface area contributed by atoms with E-state index >= 15 is 0 Å². The van der Waals surface area contributed by atoms with Crippen LogP contribution in [-0.4, -0.2) is 42.8 Å². The Kier molecular flexibility index (Phi) is 11.0. The third-order valence-electron chi connectivity index (χ3n) is 4.23. The first-order valence-corrected chi connectivity index (χ1v) is 9.71. The van der Waals surface area contributed by atoms with E-state index in [0.717, 1.165) is 0 Å². The Morgan fingerprint density at radius 1 is 0.852 bits per heavy atom. The lowest BCUT2D eigenvalue weighted by atomic mass is 9.97. The summed E-state index contributed by atoms with van der Waals surface area (Å²) in [6.07, 6.45) is 1.15. The third-order valence-corrected chi connectivity index (χ3v) is 4.23. The second kappa shape index (κ2) is 11.8. The Bertz CT molecular complexity index is 483. The summed E-state index contributed by atoms with van der Waals surface area (Å²) in [6.45, 7) is 13.4. The van der Waals surface area contributed by atoms with Crippen molar-refractivity contribution in [2.45, 2.75) is 91.8 Å². The number of esters is 1. The fourth-order valence-electron chi connectivity index (χ4n) is 2.54. The van der Waals surface area contributed by atoms with E-state index in [-0.39, 0.29) is 42.2 Å². The van der Waals surface area contributed by atoms with Crippen LogP contribution in [-0.2, 0) is 19.1 Å². The van der Waals surface area contributed by atoms with Gasteiger partial charge in [0.15, 0.2) is 0 Å². The number of nitrogens with one attached hydrogen (secondary N) is 2. The van der Waals surface area contributed by atoms with E-state index in [1.54, 1.807) is 0 Å². The first kappa shape index (κ1) is 25.2. The molecular formula is C20H38N2O5. The summed E-state index contributed by atoms with van der Waals surface area (Å²) in [7, 11) is 1.36. The molecule has 2 N–H and O–H groups in total. The van der Waals surface area contributed by atoms with Gasteiger partial charge in [0.2, 0.25) is 5.91 Å². The van der Waals surface area contributed by atoms with Gasteiger partial charge in [-0.1, -0.05) is 27.7 Å². The lowest BCUT2D eigenvalue weighted by Crippen LogP contribution is -2.43. The highest BCUT2D eigenvalue weighted by molar-refractivity contribution is 5.76. The topological polar surface area (TPSA) is 93.7 Å². The maximum atomic E-state index is 12.3. The fourth-order valence-corrected chi connectivity index (χ4v) is 2.54. The van der Waals surface area contributed by atoms with Crippen molar-refractivity contribution in [2.75, 3.05) is 7.11 Å². The molecule has 0 heterocycles. The number of amides is 2. The Morgan fingerprint density at radius 2 is 1.33 bits per heavy atom.